The van der Waals surface area contributed by atoms with Crippen LogP contribution in [0.4, 0.5) is 5.69 Å². The number of nitrogens with two attached hydrogens (primary N) is 1. The van der Waals surface area contributed by atoms with Crippen LogP contribution in [-0.4, -0.2) is 11.5 Å². The second-order valence-electron chi connectivity index (χ2n) is 5.55. The van der Waals surface area contributed by atoms with Crippen LogP contribution in [0.3, 0.4) is 0 Å². The summed E-state index contributed by atoms with van der Waals surface area (Å²) in [6.45, 7) is 3.36. The zero-order chi connectivity index (χ0) is 13.8. The second kappa shape index (κ2) is 6.71. The number of rotatable bonds is 4. The molecular formula is C15H21BrN2S. The van der Waals surface area contributed by atoms with Crippen molar-refractivity contribution < 1.29 is 0 Å². The van der Waals surface area contributed by atoms with Crippen LogP contribution in [0, 0.1) is 11.8 Å². The minimum absolute atomic E-state index is 0.437. The molecule has 0 saturated heterocycles. The Balaban J connectivity index is 2.03. The molecule has 1 saturated carbocycles. The van der Waals surface area contributed by atoms with Gasteiger partial charge in [0.05, 0.1) is 0 Å². The lowest BCUT2D eigenvalue weighted by atomic mass is 9.82. The highest BCUT2D eigenvalue weighted by molar-refractivity contribution is 9.10. The Labute approximate surface area is 129 Å². The van der Waals surface area contributed by atoms with Crippen LogP contribution in [0.15, 0.2) is 22.7 Å². The van der Waals surface area contributed by atoms with Gasteiger partial charge in [0, 0.05) is 22.3 Å². The molecule has 0 radical (unpaired) electrons. The van der Waals surface area contributed by atoms with Gasteiger partial charge in [-0.2, -0.15) is 0 Å². The Hall–Kier alpha value is -0.610. The van der Waals surface area contributed by atoms with E-state index in [2.05, 4.69) is 28.2 Å². The summed E-state index contributed by atoms with van der Waals surface area (Å²) in [6, 6.07) is 6.03. The van der Waals surface area contributed by atoms with Crippen LogP contribution >= 0.6 is 28.1 Å². The third kappa shape index (κ3) is 3.93. The van der Waals surface area contributed by atoms with E-state index in [0.717, 1.165) is 34.1 Å². The molecule has 1 fully saturated rings. The summed E-state index contributed by atoms with van der Waals surface area (Å²) in [6.07, 6.45) is 5.39. The molecule has 1 aromatic rings. The van der Waals surface area contributed by atoms with Crippen LogP contribution in [0.5, 0.6) is 0 Å². The number of thiocarbonyl (C=S) groups is 1. The number of benzene rings is 1. The highest BCUT2D eigenvalue weighted by Crippen LogP contribution is 2.30. The van der Waals surface area contributed by atoms with Crippen molar-refractivity contribution in [3.05, 3.63) is 28.2 Å². The van der Waals surface area contributed by atoms with E-state index in [0.29, 0.717) is 4.99 Å². The van der Waals surface area contributed by atoms with Crippen molar-refractivity contribution in [2.45, 2.75) is 32.6 Å². The first-order valence-electron chi connectivity index (χ1n) is 6.90. The van der Waals surface area contributed by atoms with Gasteiger partial charge in [0.25, 0.3) is 0 Å². The number of hydrogen-bond donors (Lipinski definition) is 2. The van der Waals surface area contributed by atoms with Crippen LogP contribution < -0.4 is 11.1 Å². The molecule has 0 aromatic heterocycles. The Kier molecular flexibility index (Phi) is 5.22. The molecule has 19 heavy (non-hydrogen) atoms. The zero-order valence-corrected chi connectivity index (χ0v) is 13.7. The normalized spacial score (nSPS) is 23.1. The van der Waals surface area contributed by atoms with Gasteiger partial charge in [-0.1, -0.05) is 38.0 Å². The summed E-state index contributed by atoms with van der Waals surface area (Å²) in [5.41, 5.74) is 7.77. The van der Waals surface area contributed by atoms with E-state index < -0.39 is 0 Å². The number of halogens is 1. The van der Waals surface area contributed by atoms with E-state index in [9.17, 15) is 0 Å². The Bertz CT molecular complexity index is 461. The van der Waals surface area contributed by atoms with Crippen LogP contribution in [0.25, 0.3) is 0 Å². The van der Waals surface area contributed by atoms with E-state index in [1.54, 1.807) is 0 Å². The van der Waals surface area contributed by atoms with Crippen molar-refractivity contribution in [2.75, 3.05) is 11.9 Å². The van der Waals surface area contributed by atoms with Gasteiger partial charge in [-0.25, -0.2) is 0 Å². The summed E-state index contributed by atoms with van der Waals surface area (Å²) >= 11 is 8.65. The maximum atomic E-state index is 5.81. The molecule has 3 N–H and O–H groups in total. The van der Waals surface area contributed by atoms with Crippen LogP contribution in [-0.2, 0) is 0 Å². The van der Waals surface area contributed by atoms with Crippen molar-refractivity contribution in [3.63, 3.8) is 0 Å². The quantitative estimate of drug-likeness (QED) is 0.801. The van der Waals surface area contributed by atoms with Crippen molar-refractivity contribution >= 4 is 38.8 Å². The van der Waals surface area contributed by atoms with Crippen molar-refractivity contribution in [1.29, 1.82) is 0 Å². The molecule has 2 rings (SSSR count). The highest BCUT2D eigenvalue weighted by Gasteiger charge is 2.19. The van der Waals surface area contributed by atoms with E-state index in [1.807, 2.05) is 18.2 Å². The van der Waals surface area contributed by atoms with Gasteiger partial charge in [0.15, 0.2) is 0 Å². The molecular weight excluding hydrogens is 320 g/mol. The molecule has 0 heterocycles. The molecule has 4 heteroatoms. The predicted molar refractivity (Wildman–Crippen MR) is 89.6 cm³/mol. The van der Waals surface area contributed by atoms with Gasteiger partial charge in [-0.15, -0.1) is 0 Å². The molecule has 0 aliphatic heterocycles. The number of nitrogens with one attached hydrogen (secondary N) is 1. The topological polar surface area (TPSA) is 38.0 Å². The fraction of sp³-hybridized carbons (Fsp3) is 0.533. The lowest BCUT2D eigenvalue weighted by molar-refractivity contribution is 0.293. The van der Waals surface area contributed by atoms with Crippen molar-refractivity contribution in [3.8, 4) is 0 Å². The summed E-state index contributed by atoms with van der Waals surface area (Å²) in [5.74, 6) is 1.63. The molecule has 1 aliphatic carbocycles. The maximum Gasteiger partial charge on any atom is 0.107 e. The average Bonchev–Trinajstić information content (AvgIpc) is 2.36. The van der Waals surface area contributed by atoms with E-state index in [1.165, 1.54) is 25.7 Å². The fourth-order valence-corrected chi connectivity index (χ4v) is 3.85. The summed E-state index contributed by atoms with van der Waals surface area (Å²) in [5, 5.41) is 3.53. The van der Waals surface area contributed by atoms with E-state index >= 15 is 0 Å². The first kappa shape index (κ1) is 14.8. The Morgan fingerprint density at radius 3 is 2.95 bits per heavy atom. The summed E-state index contributed by atoms with van der Waals surface area (Å²) in [4.78, 5) is 0.437. The lowest BCUT2D eigenvalue weighted by Crippen LogP contribution is -2.22. The van der Waals surface area contributed by atoms with Gasteiger partial charge in [0.1, 0.15) is 4.99 Å². The third-order valence-corrected chi connectivity index (χ3v) is 4.75. The number of anilines is 1. The van der Waals surface area contributed by atoms with Gasteiger partial charge >= 0.3 is 0 Å². The maximum absolute atomic E-state index is 5.81. The first-order valence-corrected chi connectivity index (χ1v) is 8.10. The van der Waals surface area contributed by atoms with Crippen LogP contribution in [0.2, 0.25) is 0 Å². The van der Waals surface area contributed by atoms with Crippen molar-refractivity contribution in [1.82, 2.24) is 0 Å². The van der Waals surface area contributed by atoms with E-state index in [4.69, 9.17) is 18.0 Å². The second-order valence-corrected chi connectivity index (χ2v) is 6.84. The fourth-order valence-electron chi connectivity index (χ4n) is 2.92. The third-order valence-electron chi connectivity index (χ3n) is 3.89. The minimum Gasteiger partial charge on any atom is -0.389 e. The van der Waals surface area contributed by atoms with Gasteiger partial charge in [-0.05, 0) is 52.7 Å². The molecule has 104 valence electrons. The SMILES string of the molecule is CC1CCCC(CNc2cccc(Br)c2C(N)=S)C1. The summed E-state index contributed by atoms with van der Waals surface area (Å²) in [7, 11) is 0. The predicted octanol–water partition coefficient (Wildman–Crippen LogP) is 4.32. The monoisotopic (exact) mass is 340 g/mol. The zero-order valence-electron chi connectivity index (χ0n) is 11.3. The van der Waals surface area contributed by atoms with Gasteiger partial charge in [-0.3, -0.25) is 0 Å². The Morgan fingerprint density at radius 2 is 2.26 bits per heavy atom. The average molecular weight is 341 g/mol. The highest BCUT2D eigenvalue weighted by atomic mass is 79.9. The molecule has 2 nitrogen and oxygen atoms in total. The van der Waals surface area contributed by atoms with E-state index in [-0.39, 0.29) is 0 Å². The standard InChI is InChI=1S/C15H21BrN2S/c1-10-4-2-5-11(8-10)9-18-13-7-3-6-12(16)14(13)15(17)19/h3,6-7,10-11,18H,2,4-5,8-9H2,1H3,(H2,17,19). The molecule has 1 aromatic carbocycles. The van der Waals surface area contributed by atoms with Crippen molar-refractivity contribution in [2.24, 2.45) is 17.6 Å². The lowest BCUT2D eigenvalue weighted by Gasteiger charge is -2.27. The molecule has 0 bridgehead atoms. The van der Waals surface area contributed by atoms with Gasteiger partial charge < -0.3 is 11.1 Å². The molecule has 1 aliphatic rings. The molecule has 0 amide bonds. The summed E-state index contributed by atoms with van der Waals surface area (Å²) < 4.78 is 0.960. The Morgan fingerprint density at radius 1 is 1.47 bits per heavy atom. The van der Waals surface area contributed by atoms with Crippen LogP contribution in [0.1, 0.15) is 38.2 Å². The molecule has 0 spiro atoms. The minimum atomic E-state index is 0.437. The molecule has 2 unspecified atom stereocenters. The smallest absolute Gasteiger partial charge is 0.107 e. The van der Waals surface area contributed by atoms with Gasteiger partial charge in [0.2, 0.25) is 0 Å². The largest absolute Gasteiger partial charge is 0.389 e. The first-order chi connectivity index (χ1) is 9.08. The number of hydrogen-bond acceptors (Lipinski definition) is 2. The molecule has 2 atom stereocenters.